The predicted octanol–water partition coefficient (Wildman–Crippen LogP) is 4.52. The average molecular weight is 328 g/mol. The van der Waals surface area contributed by atoms with Gasteiger partial charge in [-0.3, -0.25) is 4.79 Å². The number of hydrogen-bond donors (Lipinski definition) is 1. The van der Waals surface area contributed by atoms with Gasteiger partial charge >= 0.3 is 0 Å². The Bertz CT molecular complexity index is 609. The molecule has 2 aromatic rings. The molecule has 1 aromatic heterocycles. The van der Waals surface area contributed by atoms with Crippen LogP contribution < -0.4 is 5.32 Å². The number of hydrogen-bond acceptors (Lipinski definition) is 2. The molecule has 0 aliphatic carbocycles. The number of carbonyl (C=O) groups excluding carboxylic acids is 1. The summed E-state index contributed by atoms with van der Waals surface area (Å²) in [6.45, 7) is 3.70. The van der Waals surface area contributed by atoms with Crippen LogP contribution >= 0.6 is 27.3 Å². The molecule has 2 nitrogen and oxygen atoms in total. The number of rotatable bonds is 2. The molecule has 0 spiro atoms. The molecule has 0 saturated heterocycles. The van der Waals surface area contributed by atoms with Crippen LogP contribution in [0.3, 0.4) is 0 Å². The van der Waals surface area contributed by atoms with Crippen molar-refractivity contribution in [1.29, 1.82) is 0 Å². The van der Waals surface area contributed by atoms with Crippen molar-refractivity contribution in [3.63, 3.8) is 0 Å². The van der Waals surface area contributed by atoms with Crippen LogP contribution in [0.2, 0.25) is 0 Å². The normalized spacial score (nSPS) is 10.4. The lowest BCUT2D eigenvalue weighted by Gasteiger charge is -2.09. The fourth-order valence-corrected chi connectivity index (χ4v) is 2.85. The maximum absolute atomic E-state index is 13.4. The van der Waals surface area contributed by atoms with Gasteiger partial charge in [0.05, 0.1) is 10.0 Å². The molecule has 0 saturated carbocycles. The third-order valence-corrected chi connectivity index (χ3v) is 4.08. The van der Waals surface area contributed by atoms with Crippen LogP contribution in [0.4, 0.5) is 10.1 Å². The van der Waals surface area contributed by atoms with Crippen LogP contribution in [-0.2, 0) is 0 Å². The molecule has 1 N–H and O–H groups in total. The minimum atomic E-state index is -0.391. The molecule has 5 heteroatoms. The highest BCUT2D eigenvalue weighted by molar-refractivity contribution is 9.10. The summed E-state index contributed by atoms with van der Waals surface area (Å²) in [6.07, 6.45) is 0. The second-order valence-electron chi connectivity index (χ2n) is 4.00. The lowest BCUT2D eigenvalue weighted by Crippen LogP contribution is -2.13. The highest BCUT2D eigenvalue weighted by atomic mass is 79.9. The Kier molecular flexibility index (Phi) is 3.82. The third-order valence-electron chi connectivity index (χ3n) is 2.62. The first-order valence-electron chi connectivity index (χ1n) is 5.29. The van der Waals surface area contributed by atoms with Gasteiger partial charge in [0.2, 0.25) is 0 Å². The molecule has 0 unspecified atom stereocenters. The van der Waals surface area contributed by atoms with E-state index in [1.807, 2.05) is 19.2 Å². The van der Waals surface area contributed by atoms with Crippen LogP contribution in [0, 0.1) is 19.7 Å². The Balaban J connectivity index is 2.28. The number of amides is 1. The zero-order valence-corrected chi connectivity index (χ0v) is 12.3. The van der Waals surface area contributed by atoms with Crippen molar-refractivity contribution < 1.29 is 9.18 Å². The van der Waals surface area contributed by atoms with Gasteiger partial charge in [-0.05, 0) is 58.4 Å². The van der Waals surface area contributed by atoms with Gasteiger partial charge in [0.1, 0.15) is 5.82 Å². The van der Waals surface area contributed by atoms with Crippen molar-refractivity contribution in [2.24, 2.45) is 0 Å². The van der Waals surface area contributed by atoms with Crippen LogP contribution in [0.15, 0.2) is 27.4 Å². The maximum Gasteiger partial charge on any atom is 0.256 e. The van der Waals surface area contributed by atoms with Gasteiger partial charge < -0.3 is 5.32 Å². The van der Waals surface area contributed by atoms with Crippen LogP contribution in [0.25, 0.3) is 0 Å². The van der Waals surface area contributed by atoms with E-state index in [0.29, 0.717) is 15.7 Å². The Morgan fingerprint density at radius 2 is 2.00 bits per heavy atom. The Labute approximate surface area is 117 Å². The van der Waals surface area contributed by atoms with E-state index in [-0.39, 0.29) is 5.91 Å². The zero-order chi connectivity index (χ0) is 13.3. The Morgan fingerprint density at radius 3 is 2.61 bits per heavy atom. The molecule has 1 heterocycles. The molecule has 0 fully saturated rings. The number of thiophene rings is 1. The van der Waals surface area contributed by atoms with E-state index in [9.17, 15) is 9.18 Å². The first-order valence-corrected chi connectivity index (χ1v) is 7.02. The lowest BCUT2D eigenvalue weighted by molar-refractivity contribution is 0.102. The standard InChI is InChI=1S/C13H11BrFNOS/c1-7-3-10(14)11(15)4-12(7)16-13(17)9-6-18-5-8(9)2/h3-6H,1-2H3,(H,16,17). The largest absolute Gasteiger partial charge is 0.322 e. The Morgan fingerprint density at radius 1 is 1.28 bits per heavy atom. The van der Waals surface area contributed by atoms with Gasteiger partial charge in [0, 0.05) is 11.1 Å². The van der Waals surface area contributed by atoms with Crippen molar-refractivity contribution >= 4 is 38.9 Å². The van der Waals surface area contributed by atoms with Gasteiger partial charge in [0.15, 0.2) is 0 Å². The Hall–Kier alpha value is -1.20. The fraction of sp³-hybridized carbons (Fsp3) is 0.154. The van der Waals surface area contributed by atoms with Crippen LogP contribution in [-0.4, -0.2) is 5.91 Å². The van der Waals surface area contributed by atoms with Crippen LogP contribution in [0.5, 0.6) is 0 Å². The second kappa shape index (κ2) is 5.20. The second-order valence-corrected chi connectivity index (χ2v) is 5.60. The van der Waals surface area contributed by atoms with Crippen LogP contribution in [0.1, 0.15) is 21.5 Å². The van der Waals surface area contributed by atoms with Gasteiger partial charge in [-0.15, -0.1) is 0 Å². The molecule has 0 bridgehead atoms. The topological polar surface area (TPSA) is 29.1 Å². The van der Waals surface area contributed by atoms with E-state index < -0.39 is 5.82 Å². The number of aryl methyl sites for hydroxylation is 2. The summed E-state index contributed by atoms with van der Waals surface area (Å²) in [5, 5.41) is 6.42. The van der Waals surface area contributed by atoms with Gasteiger partial charge in [-0.1, -0.05) is 0 Å². The molecule has 0 aliphatic heterocycles. The zero-order valence-electron chi connectivity index (χ0n) is 9.88. The third kappa shape index (κ3) is 2.62. The minimum absolute atomic E-state index is 0.210. The molecule has 2 rings (SSSR count). The molecule has 94 valence electrons. The minimum Gasteiger partial charge on any atom is -0.322 e. The highest BCUT2D eigenvalue weighted by Crippen LogP contribution is 2.25. The molecule has 0 radical (unpaired) electrons. The summed E-state index contributed by atoms with van der Waals surface area (Å²) >= 11 is 4.58. The highest BCUT2D eigenvalue weighted by Gasteiger charge is 2.12. The average Bonchev–Trinajstić information content (AvgIpc) is 2.72. The molecule has 0 atom stereocenters. The molecular formula is C13H11BrFNOS. The summed E-state index contributed by atoms with van der Waals surface area (Å²) in [7, 11) is 0. The predicted molar refractivity (Wildman–Crippen MR) is 75.8 cm³/mol. The van der Waals surface area contributed by atoms with Crippen molar-refractivity contribution in [3.8, 4) is 0 Å². The van der Waals surface area contributed by atoms with Crippen molar-refractivity contribution in [3.05, 3.63) is 49.9 Å². The SMILES string of the molecule is Cc1cc(Br)c(F)cc1NC(=O)c1cscc1C. The van der Waals surface area contributed by atoms with E-state index in [2.05, 4.69) is 21.2 Å². The molecule has 1 aromatic carbocycles. The number of anilines is 1. The monoisotopic (exact) mass is 327 g/mol. The van der Waals surface area contributed by atoms with Gasteiger partial charge in [-0.25, -0.2) is 4.39 Å². The summed E-state index contributed by atoms with van der Waals surface area (Å²) in [6, 6.07) is 2.96. The lowest BCUT2D eigenvalue weighted by atomic mass is 10.1. The van der Waals surface area contributed by atoms with E-state index in [1.54, 1.807) is 11.4 Å². The summed E-state index contributed by atoms with van der Waals surface area (Å²) in [4.78, 5) is 12.0. The number of carbonyl (C=O) groups is 1. The van der Waals surface area contributed by atoms with E-state index in [0.717, 1.165) is 11.1 Å². The number of halogens is 2. The van der Waals surface area contributed by atoms with Gasteiger partial charge in [-0.2, -0.15) is 11.3 Å². The molecule has 0 aliphatic rings. The van der Waals surface area contributed by atoms with Crippen molar-refractivity contribution in [1.82, 2.24) is 0 Å². The smallest absolute Gasteiger partial charge is 0.256 e. The first kappa shape index (κ1) is 13.2. The molecular weight excluding hydrogens is 317 g/mol. The summed E-state index contributed by atoms with van der Waals surface area (Å²) < 4.78 is 13.8. The van der Waals surface area contributed by atoms with Crippen molar-refractivity contribution in [2.75, 3.05) is 5.32 Å². The van der Waals surface area contributed by atoms with E-state index in [4.69, 9.17) is 0 Å². The molecule has 1 amide bonds. The quantitative estimate of drug-likeness (QED) is 0.863. The summed E-state index contributed by atoms with van der Waals surface area (Å²) in [5.41, 5.74) is 2.85. The van der Waals surface area contributed by atoms with E-state index >= 15 is 0 Å². The summed E-state index contributed by atoms with van der Waals surface area (Å²) in [5.74, 6) is -0.600. The number of nitrogens with one attached hydrogen (secondary N) is 1. The van der Waals surface area contributed by atoms with E-state index in [1.165, 1.54) is 17.4 Å². The maximum atomic E-state index is 13.4. The van der Waals surface area contributed by atoms with Gasteiger partial charge in [0.25, 0.3) is 5.91 Å². The molecule has 18 heavy (non-hydrogen) atoms. The fourth-order valence-electron chi connectivity index (χ4n) is 1.56. The van der Waals surface area contributed by atoms with Crippen molar-refractivity contribution in [2.45, 2.75) is 13.8 Å². The first-order chi connectivity index (χ1) is 8.49. The number of benzene rings is 1.